The van der Waals surface area contributed by atoms with Crippen molar-refractivity contribution < 1.29 is 13.5 Å². The van der Waals surface area contributed by atoms with Gasteiger partial charge in [0.15, 0.2) is 9.84 Å². The quantitative estimate of drug-likeness (QED) is 0.827. The minimum Gasteiger partial charge on any atom is -0.395 e. The largest absolute Gasteiger partial charge is 0.395 e. The fourth-order valence-corrected chi connectivity index (χ4v) is 2.77. The summed E-state index contributed by atoms with van der Waals surface area (Å²) in [6.45, 7) is 0.726. The summed E-state index contributed by atoms with van der Waals surface area (Å²) in [6.07, 6.45) is 5.12. The molecule has 0 unspecified atom stereocenters. The van der Waals surface area contributed by atoms with Crippen LogP contribution in [-0.4, -0.2) is 40.0 Å². The zero-order valence-corrected chi connectivity index (χ0v) is 14.1. The lowest BCUT2D eigenvalue weighted by Gasteiger charge is -2.17. The molecule has 0 amide bonds. The highest BCUT2D eigenvalue weighted by atomic mass is 32.2. The second-order valence-corrected chi connectivity index (χ2v) is 7.43. The molecule has 0 saturated heterocycles. The highest BCUT2D eigenvalue weighted by Gasteiger charge is 2.05. The number of hydrogen-bond acceptors (Lipinski definition) is 4. The Morgan fingerprint density at radius 3 is 1.87 bits per heavy atom. The van der Waals surface area contributed by atoms with E-state index in [9.17, 15) is 8.42 Å². The molecule has 5 heteroatoms. The molecule has 23 heavy (non-hydrogen) atoms. The normalized spacial score (nSPS) is 11.8. The van der Waals surface area contributed by atoms with Gasteiger partial charge < -0.3 is 10.0 Å². The Balaban J connectivity index is 2.08. The van der Waals surface area contributed by atoms with Gasteiger partial charge in [0.05, 0.1) is 11.5 Å². The van der Waals surface area contributed by atoms with Crippen molar-refractivity contribution in [3.8, 4) is 0 Å². The maximum atomic E-state index is 11.4. The Kier molecular flexibility index (Phi) is 5.58. The van der Waals surface area contributed by atoms with Gasteiger partial charge in [0.1, 0.15) is 0 Å². The van der Waals surface area contributed by atoms with E-state index in [-0.39, 0.29) is 6.61 Å². The fraction of sp³-hybridized carbons (Fsp3) is 0.222. The number of nitrogens with zero attached hydrogens (tertiary/aromatic N) is 1. The van der Waals surface area contributed by atoms with E-state index in [1.54, 1.807) is 24.3 Å². The predicted octanol–water partition coefficient (Wildman–Crippen LogP) is 2.69. The van der Waals surface area contributed by atoms with Crippen LogP contribution >= 0.6 is 0 Å². The molecule has 2 aromatic carbocycles. The fourth-order valence-electron chi connectivity index (χ4n) is 2.14. The topological polar surface area (TPSA) is 57.6 Å². The first kappa shape index (κ1) is 17.2. The van der Waals surface area contributed by atoms with Crippen LogP contribution in [0.1, 0.15) is 11.1 Å². The van der Waals surface area contributed by atoms with Crippen LogP contribution in [0.15, 0.2) is 53.4 Å². The van der Waals surface area contributed by atoms with E-state index in [2.05, 4.69) is 0 Å². The lowest BCUT2D eigenvalue weighted by Crippen LogP contribution is -2.20. The van der Waals surface area contributed by atoms with Crippen LogP contribution in [0.25, 0.3) is 12.2 Å². The number of likely N-dealkylation sites (N-methyl/N-ethyl adjacent to an activating group) is 1. The van der Waals surface area contributed by atoms with E-state index in [0.717, 1.165) is 16.8 Å². The van der Waals surface area contributed by atoms with Crippen LogP contribution in [0.5, 0.6) is 0 Å². The summed E-state index contributed by atoms with van der Waals surface area (Å²) in [6, 6.07) is 14.8. The van der Waals surface area contributed by atoms with Gasteiger partial charge in [-0.3, -0.25) is 0 Å². The molecule has 0 bridgehead atoms. The van der Waals surface area contributed by atoms with E-state index in [4.69, 9.17) is 5.11 Å². The summed E-state index contributed by atoms with van der Waals surface area (Å²) in [4.78, 5) is 2.31. The molecule has 0 aliphatic carbocycles. The second kappa shape index (κ2) is 7.44. The zero-order valence-electron chi connectivity index (χ0n) is 13.3. The first-order valence-electron chi connectivity index (χ1n) is 7.30. The molecular formula is C18H21NO3S. The van der Waals surface area contributed by atoms with Crippen molar-refractivity contribution in [1.82, 2.24) is 0 Å². The molecule has 1 N–H and O–H groups in total. The van der Waals surface area contributed by atoms with Crippen LogP contribution in [-0.2, 0) is 9.84 Å². The molecule has 0 atom stereocenters. The van der Waals surface area contributed by atoms with Crippen LogP contribution in [0, 0.1) is 0 Å². The van der Waals surface area contributed by atoms with Crippen molar-refractivity contribution >= 4 is 27.7 Å². The maximum Gasteiger partial charge on any atom is 0.175 e. The van der Waals surface area contributed by atoms with Gasteiger partial charge in [0.2, 0.25) is 0 Å². The zero-order chi connectivity index (χ0) is 16.9. The van der Waals surface area contributed by atoms with Crippen molar-refractivity contribution in [3.63, 3.8) is 0 Å². The summed E-state index contributed by atoms with van der Waals surface area (Å²) in [7, 11) is -1.22. The van der Waals surface area contributed by atoms with Crippen LogP contribution < -0.4 is 4.90 Å². The Morgan fingerprint density at radius 2 is 1.43 bits per heavy atom. The average molecular weight is 331 g/mol. The van der Waals surface area contributed by atoms with Crippen LogP contribution in [0.3, 0.4) is 0 Å². The molecule has 0 aromatic heterocycles. The van der Waals surface area contributed by atoms with Crippen molar-refractivity contribution in [1.29, 1.82) is 0 Å². The first-order chi connectivity index (χ1) is 10.9. The van der Waals surface area contributed by atoms with Gasteiger partial charge in [0, 0.05) is 25.5 Å². The van der Waals surface area contributed by atoms with Gasteiger partial charge in [-0.05, 0) is 35.4 Å². The lowest BCUT2D eigenvalue weighted by atomic mass is 10.1. The number of anilines is 1. The predicted molar refractivity (Wildman–Crippen MR) is 95.3 cm³/mol. The van der Waals surface area contributed by atoms with Gasteiger partial charge in [-0.25, -0.2) is 8.42 Å². The summed E-state index contributed by atoms with van der Waals surface area (Å²) in [5, 5.41) is 8.94. The molecule has 122 valence electrons. The van der Waals surface area contributed by atoms with Gasteiger partial charge in [-0.2, -0.15) is 0 Å². The molecule has 0 radical (unpaired) electrons. The third-order valence-electron chi connectivity index (χ3n) is 3.55. The monoisotopic (exact) mass is 331 g/mol. The second-order valence-electron chi connectivity index (χ2n) is 5.41. The van der Waals surface area contributed by atoms with E-state index in [0.29, 0.717) is 11.4 Å². The summed E-state index contributed by atoms with van der Waals surface area (Å²) >= 11 is 0. The molecule has 2 rings (SSSR count). The highest BCUT2D eigenvalue weighted by Crippen LogP contribution is 2.16. The molecule has 0 fully saturated rings. The summed E-state index contributed by atoms with van der Waals surface area (Å²) < 4.78 is 22.8. The van der Waals surface area contributed by atoms with E-state index in [1.165, 1.54) is 6.26 Å². The standard InChI is InChI=1S/C18H21NO3S/c1-19(13-14-20)17-9-5-15(6-10-17)3-4-16-7-11-18(12-8-16)23(2,21)22/h3-12,20H,13-14H2,1-2H3. The van der Waals surface area contributed by atoms with Crippen LogP contribution in [0.2, 0.25) is 0 Å². The van der Waals surface area contributed by atoms with Gasteiger partial charge in [0.25, 0.3) is 0 Å². The number of benzene rings is 2. The maximum absolute atomic E-state index is 11.4. The van der Waals surface area contributed by atoms with Crippen LogP contribution in [0.4, 0.5) is 5.69 Å². The van der Waals surface area contributed by atoms with Gasteiger partial charge >= 0.3 is 0 Å². The molecule has 0 spiro atoms. The van der Waals surface area contributed by atoms with E-state index >= 15 is 0 Å². The Bertz CT molecular complexity index is 763. The SMILES string of the molecule is CN(CCO)c1ccc(C=Cc2ccc(S(C)(=O)=O)cc2)cc1. The third-order valence-corrected chi connectivity index (χ3v) is 4.67. The minimum absolute atomic E-state index is 0.127. The smallest absolute Gasteiger partial charge is 0.175 e. The molecule has 2 aromatic rings. The van der Waals surface area contributed by atoms with Crippen molar-refractivity contribution in [2.24, 2.45) is 0 Å². The Labute approximate surface area is 137 Å². The number of aliphatic hydroxyl groups is 1. The molecule has 0 aliphatic heterocycles. The van der Waals surface area contributed by atoms with Gasteiger partial charge in [-0.1, -0.05) is 36.4 Å². The van der Waals surface area contributed by atoms with E-state index in [1.807, 2.05) is 48.4 Å². The average Bonchev–Trinajstić information content (AvgIpc) is 2.53. The van der Waals surface area contributed by atoms with Gasteiger partial charge in [-0.15, -0.1) is 0 Å². The first-order valence-corrected chi connectivity index (χ1v) is 9.19. The number of sulfone groups is 1. The molecule has 0 heterocycles. The minimum atomic E-state index is -3.15. The number of hydrogen-bond donors (Lipinski definition) is 1. The molecule has 0 saturated carbocycles. The Hall–Kier alpha value is -2.11. The molecular weight excluding hydrogens is 310 g/mol. The highest BCUT2D eigenvalue weighted by molar-refractivity contribution is 7.90. The number of rotatable bonds is 6. The lowest BCUT2D eigenvalue weighted by molar-refractivity contribution is 0.304. The van der Waals surface area contributed by atoms with Crippen molar-refractivity contribution in [2.45, 2.75) is 4.90 Å². The molecule has 0 aliphatic rings. The summed E-state index contributed by atoms with van der Waals surface area (Å²) in [5.41, 5.74) is 3.05. The van der Waals surface area contributed by atoms with Crippen molar-refractivity contribution in [3.05, 3.63) is 59.7 Å². The molecule has 4 nitrogen and oxygen atoms in total. The van der Waals surface area contributed by atoms with Crippen molar-refractivity contribution in [2.75, 3.05) is 31.4 Å². The number of aliphatic hydroxyl groups excluding tert-OH is 1. The Morgan fingerprint density at radius 1 is 0.957 bits per heavy atom. The third kappa shape index (κ3) is 4.94. The summed E-state index contributed by atoms with van der Waals surface area (Å²) in [5.74, 6) is 0. The van der Waals surface area contributed by atoms with E-state index < -0.39 is 9.84 Å².